The Morgan fingerprint density at radius 1 is 1.39 bits per heavy atom. The van der Waals surface area contributed by atoms with Gasteiger partial charge in [0.2, 0.25) is 0 Å². The first-order chi connectivity index (χ1) is 8.75. The van der Waals surface area contributed by atoms with Crippen molar-refractivity contribution < 1.29 is 0 Å². The molecule has 2 aromatic rings. The largest absolute Gasteiger partial charge is 0.344 e. The third kappa shape index (κ3) is 2.10. The molecule has 0 saturated carbocycles. The highest BCUT2D eigenvalue weighted by atomic mass is 32.1. The van der Waals surface area contributed by atoms with Crippen molar-refractivity contribution in [3.63, 3.8) is 0 Å². The minimum atomic E-state index is 0.206. The molecule has 0 bridgehead atoms. The zero-order valence-electron chi connectivity index (χ0n) is 10.7. The van der Waals surface area contributed by atoms with Crippen molar-refractivity contribution >= 4 is 26.7 Å². The number of anilines is 1. The number of para-hydroxylation sites is 1. The highest BCUT2D eigenvalue weighted by molar-refractivity contribution is 7.22. The molecule has 18 heavy (non-hydrogen) atoms. The Labute approximate surface area is 112 Å². The molecule has 1 aliphatic heterocycles. The van der Waals surface area contributed by atoms with E-state index in [1.165, 1.54) is 24.0 Å². The monoisotopic (exact) mass is 261 g/mol. The van der Waals surface area contributed by atoms with Crippen LogP contribution in [0, 0.1) is 0 Å². The molecule has 2 N–H and O–H groups in total. The molecule has 3 nitrogen and oxygen atoms in total. The van der Waals surface area contributed by atoms with E-state index in [1.54, 1.807) is 11.3 Å². The molecule has 0 aliphatic carbocycles. The van der Waals surface area contributed by atoms with E-state index in [2.05, 4.69) is 30.0 Å². The molecule has 96 valence electrons. The Balaban J connectivity index is 1.96. The summed E-state index contributed by atoms with van der Waals surface area (Å²) in [5, 5.41) is 1.14. The van der Waals surface area contributed by atoms with E-state index in [4.69, 9.17) is 10.7 Å². The quantitative estimate of drug-likeness (QED) is 0.903. The van der Waals surface area contributed by atoms with Crippen LogP contribution in [0.2, 0.25) is 0 Å². The van der Waals surface area contributed by atoms with Crippen LogP contribution in [0.15, 0.2) is 24.3 Å². The number of piperidine rings is 1. The Bertz CT molecular complexity index is 502. The van der Waals surface area contributed by atoms with Crippen molar-refractivity contribution in [2.24, 2.45) is 5.73 Å². The highest BCUT2D eigenvalue weighted by Crippen LogP contribution is 2.33. The van der Waals surface area contributed by atoms with Gasteiger partial charge in [-0.05, 0) is 38.3 Å². The standard InChI is InChI=1S/C14H19N3S/c1-10(15)12-7-4-5-9-17(12)14-16-11-6-2-3-8-13(11)18-14/h2-3,6,8,10,12H,4-5,7,9,15H2,1H3. The highest BCUT2D eigenvalue weighted by Gasteiger charge is 2.27. The molecule has 2 heterocycles. The molecule has 2 atom stereocenters. The maximum absolute atomic E-state index is 6.12. The maximum atomic E-state index is 6.12. The predicted octanol–water partition coefficient (Wildman–Crippen LogP) is 3.00. The van der Waals surface area contributed by atoms with Gasteiger partial charge in [-0.25, -0.2) is 4.98 Å². The number of fused-ring (bicyclic) bond motifs is 1. The summed E-state index contributed by atoms with van der Waals surface area (Å²) in [4.78, 5) is 7.17. The smallest absolute Gasteiger partial charge is 0.186 e. The molecule has 4 heteroatoms. The number of benzene rings is 1. The summed E-state index contributed by atoms with van der Waals surface area (Å²) in [5.74, 6) is 0. The van der Waals surface area contributed by atoms with Crippen LogP contribution >= 0.6 is 11.3 Å². The number of rotatable bonds is 2. The third-order valence-electron chi connectivity index (χ3n) is 3.68. The second kappa shape index (κ2) is 4.86. The van der Waals surface area contributed by atoms with Gasteiger partial charge in [0.1, 0.15) is 0 Å². The van der Waals surface area contributed by atoms with E-state index >= 15 is 0 Å². The first-order valence-corrected chi connectivity index (χ1v) is 7.45. The van der Waals surface area contributed by atoms with Gasteiger partial charge in [-0.15, -0.1) is 0 Å². The summed E-state index contributed by atoms with van der Waals surface area (Å²) in [6.07, 6.45) is 3.72. The molecule has 2 unspecified atom stereocenters. The number of thiazole rings is 1. The number of aromatic nitrogens is 1. The van der Waals surface area contributed by atoms with E-state index in [9.17, 15) is 0 Å². The van der Waals surface area contributed by atoms with Crippen molar-refractivity contribution in [3.05, 3.63) is 24.3 Å². The molecule has 3 rings (SSSR count). The molecule has 1 aromatic carbocycles. The number of nitrogens with two attached hydrogens (primary N) is 1. The summed E-state index contributed by atoms with van der Waals surface area (Å²) in [6, 6.07) is 8.99. The fourth-order valence-electron chi connectivity index (χ4n) is 2.72. The van der Waals surface area contributed by atoms with Crippen LogP contribution in [-0.2, 0) is 0 Å². The lowest BCUT2D eigenvalue weighted by Gasteiger charge is -2.37. The Morgan fingerprint density at radius 2 is 2.22 bits per heavy atom. The summed E-state index contributed by atoms with van der Waals surface area (Å²) < 4.78 is 1.27. The molecular formula is C14H19N3S. The normalized spacial score (nSPS) is 22.3. The topological polar surface area (TPSA) is 42.1 Å². The second-order valence-electron chi connectivity index (χ2n) is 5.08. The van der Waals surface area contributed by atoms with E-state index < -0.39 is 0 Å². The lowest BCUT2D eigenvalue weighted by atomic mass is 9.98. The summed E-state index contributed by atoms with van der Waals surface area (Å²) in [6.45, 7) is 3.20. The zero-order chi connectivity index (χ0) is 12.5. The van der Waals surface area contributed by atoms with Crippen molar-refractivity contribution in [2.45, 2.75) is 38.3 Å². The van der Waals surface area contributed by atoms with Gasteiger partial charge in [-0.2, -0.15) is 0 Å². The Morgan fingerprint density at radius 3 is 3.00 bits per heavy atom. The minimum absolute atomic E-state index is 0.206. The molecule has 1 saturated heterocycles. The fraction of sp³-hybridized carbons (Fsp3) is 0.500. The minimum Gasteiger partial charge on any atom is -0.344 e. The maximum Gasteiger partial charge on any atom is 0.186 e. The van der Waals surface area contributed by atoms with E-state index in [-0.39, 0.29) is 6.04 Å². The third-order valence-corrected chi connectivity index (χ3v) is 4.76. The van der Waals surface area contributed by atoms with Crippen LogP contribution in [0.3, 0.4) is 0 Å². The molecule has 0 spiro atoms. The summed E-state index contributed by atoms with van der Waals surface area (Å²) in [5.41, 5.74) is 7.23. The molecule has 0 radical (unpaired) electrons. The Kier molecular flexibility index (Phi) is 3.22. The second-order valence-corrected chi connectivity index (χ2v) is 6.09. The van der Waals surface area contributed by atoms with Gasteiger partial charge in [-0.1, -0.05) is 23.5 Å². The van der Waals surface area contributed by atoms with Crippen molar-refractivity contribution in [1.29, 1.82) is 0 Å². The number of hydrogen-bond donors (Lipinski definition) is 1. The molecule has 1 aliphatic rings. The van der Waals surface area contributed by atoms with E-state index in [1.807, 2.05) is 6.07 Å². The SMILES string of the molecule is CC(N)C1CCCCN1c1nc2ccccc2s1. The average molecular weight is 261 g/mol. The van der Waals surface area contributed by atoms with Crippen LogP contribution in [-0.4, -0.2) is 23.6 Å². The van der Waals surface area contributed by atoms with Crippen molar-refractivity contribution in [2.75, 3.05) is 11.4 Å². The summed E-state index contributed by atoms with van der Waals surface area (Å²) in [7, 11) is 0. The van der Waals surface area contributed by atoms with Gasteiger partial charge in [0, 0.05) is 18.6 Å². The van der Waals surface area contributed by atoms with Gasteiger partial charge in [-0.3, -0.25) is 0 Å². The van der Waals surface area contributed by atoms with Gasteiger partial charge in [0.05, 0.1) is 10.2 Å². The lowest BCUT2D eigenvalue weighted by Crippen LogP contribution is -2.49. The Hall–Kier alpha value is -1.13. The lowest BCUT2D eigenvalue weighted by molar-refractivity contribution is 0.413. The van der Waals surface area contributed by atoms with Crippen LogP contribution < -0.4 is 10.6 Å². The van der Waals surface area contributed by atoms with Crippen LogP contribution in [0.5, 0.6) is 0 Å². The average Bonchev–Trinajstić information content (AvgIpc) is 2.82. The molecule has 0 amide bonds. The van der Waals surface area contributed by atoms with Crippen molar-refractivity contribution in [3.8, 4) is 0 Å². The van der Waals surface area contributed by atoms with Crippen LogP contribution in [0.25, 0.3) is 10.2 Å². The number of hydrogen-bond acceptors (Lipinski definition) is 4. The first-order valence-electron chi connectivity index (χ1n) is 6.63. The van der Waals surface area contributed by atoms with Crippen molar-refractivity contribution in [1.82, 2.24) is 4.98 Å². The fourth-order valence-corrected chi connectivity index (χ4v) is 3.77. The van der Waals surface area contributed by atoms with Crippen LogP contribution in [0.4, 0.5) is 5.13 Å². The first kappa shape index (κ1) is 11.9. The summed E-state index contributed by atoms with van der Waals surface area (Å²) >= 11 is 1.78. The van der Waals surface area contributed by atoms with Gasteiger partial charge in [0.15, 0.2) is 5.13 Å². The van der Waals surface area contributed by atoms with Gasteiger partial charge >= 0.3 is 0 Å². The van der Waals surface area contributed by atoms with E-state index in [0.29, 0.717) is 6.04 Å². The zero-order valence-corrected chi connectivity index (χ0v) is 11.5. The van der Waals surface area contributed by atoms with Gasteiger partial charge in [0.25, 0.3) is 0 Å². The van der Waals surface area contributed by atoms with Gasteiger partial charge < -0.3 is 10.6 Å². The predicted molar refractivity (Wildman–Crippen MR) is 78.3 cm³/mol. The molecular weight excluding hydrogens is 242 g/mol. The van der Waals surface area contributed by atoms with Crippen LogP contribution in [0.1, 0.15) is 26.2 Å². The van der Waals surface area contributed by atoms with E-state index in [0.717, 1.165) is 17.2 Å². The number of nitrogens with zero attached hydrogens (tertiary/aromatic N) is 2. The molecule has 1 fully saturated rings. The molecule has 1 aromatic heterocycles.